The summed E-state index contributed by atoms with van der Waals surface area (Å²) in [5, 5.41) is 26.8. The second-order valence-electron chi connectivity index (χ2n) is 6.30. The third-order valence-electron chi connectivity index (χ3n) is 4.19. The van der Waals surface area contributed by atoms with Gasteiger partial charge in [-0.15, -0.1) is 0 Å². The van der Waals surface area contributed by atoms with Crippen molar-refractivity contribution in [1.29, 1.82) is 0 Å². The highest BCUT2D eigenvalue weighted by molar-refractivity contribution is 5.59. The molecule has 7 N–H and O–H groups in total. The third kappa shape index (κ3) is 3.90. The van der Waals surface area contributed by atoms with Crippen LogP contribution in [0.25, 0.3) is 11.7 Å². The number of benzene rings is 1. The number of hydrogen-bond acceptors (Lipinski definition) is 9. The molecule has 0 aliphatic heterocycles. The Kier molecular flexibility index (Phi) is 5.24. The van der Waals surface area contributed by atoms with Gasteiger partial charge < -0.3 is 26.2 Å². The molecule has 0 aliphatic carbocycles. The van der Waals surface area contributed by atoms with E-state index < -0.39 is 5.69 Å². The first-order valence-corrected chi connectivity index (χ1v) is 9.03. The van der Waals surface area contributed by atoms with Crippen molar-refractivity contribution in [2.45, 2.75) is 6.54 Å². The van der Waals surface area contributed by atoms with Gasteiger partial charge in [0.25, 0.3) is 5.62 Å². The van der Waals surface area contributed by atoms with Crippen molar-refractivity contribution in [3.8, 4) is 5.88 Å². The molecule has 4 rings (SSSR count). The van der Waals surface area contributed by atoms with Crippen molar-refractivity contribution >= 4 is 23.4 Å². The molecule has 1 aromatic carbocycles. The maximum absolute atomic E-state index is 11.4. The van der Waals surface area contributed by atoms with Gasteiger partial charge in [0, 0.05) is 17.5 Å². The lowest BCUT2D eigenvalue weighted by molar-refractivity contribution is 0.305. The number of aliphatic hydroxyl groups is 1. The van der Waals surface area contributed by atoms with Crippen LogP contribution in [0.3, 0.4) is 0 Å². The summed E-state index contributed by atoms with van der Waals surface area (Å²) in [5.41, 5.74) is 7.66. The fourth-order valence-electron chi connectivity index (χ4n) is 2.84. The molecular formula is C18H19N9O3. The summed E-state index contributed by atoms with van der Waals surface area (Å²) in [6, 6.07) is 7.50. The van der Waals surface area contributed by atoms with Crippen LogP contribution in [0.5, 0.6) is 5.88 Å². The van der Waals surface area contributed by atoms with Crippen molar-refractivity contribution < 1.29 is 10.2 Å². The topological polar surface area (TPSA) is 183 Å². The monoisotopic (exact) mass is 409 g/mol. The lowest BCUT2D eigenvalue weighted by Crippen LogP contribution is -2.24. The van der Waals surface area contributed by atoms with Crippen molar-refractivity contribution in [3.05, 3.63) is 63.0 Å². The Hall–Kier alpha value is -4.03. The van der Waals surface area contributed by atoms with Crippen molar-refractivity contribution in [1.82, 2.24) is 29.5 Å². The molecule has 0 atom stereocenters. The normalized spacial score (nSPS) is 12.7. The van der Waals surface area contributed by atoms with Gasteiger partial charge in [0.2, 0.25) is 11.8 Å². The van der Waals surface area contributed by atoms with E-state index in [-0.39, 0.29) is 36.3 Å². The number of hydrogen-bond donors (Lipinski definition) is 6. The van der Waals surface area contributed by atoms with E-state index in [0.717, 1.165) is 11.3 Å². The number of nitrogens with one attached hydrogen (secondary N) is 3. The first-order chi connectivity index (χ1) is 14.6. The number of aliphatic hydroxyl groups excluding tert-OH is 1. The van der Waals surface area contributed by atoms with Gasteiger partial charge in [-0.1, -0.05) is 12.1 Å². The molecule has 30 heavy (non-hydrogen) atoms. The highest BCUT2D eigenvalue weighted by Gasteiger charge is 2.09. The maximum atomic E-state index is 11.4. The van der Waals surface area contributed by atoms with E-state index in [1.54, 1.807) is 0 Å². The van der Waals surface area contributed by atoms with E-state index in [1.807, 2.05) is 24.3 Å². The first kappa shape index (κ1) is 19.3. The van der Waals surface area contributed by atoms with E-state index in [1.165, 1.54) is 16.8 Å². The summed E-state index contributed by atoms with van der Waals surface area (Å²) in [6.45, 7) is 0.386. The van der Waals surface area contributed by atoms with E-state index in [0.29, 0.717) is 17.4 Å². The van der Waals surface area contributed by atoms with Gasteiger partial charge in [0.1, 0.15) is 5.69 Å². The fraction of sp³-hybridized carbons (Fsp3) is 0.167. The molecule has 0 radical (unpaired) electrons. The second kappa shape index (κ2) is 8.14. The molecule has 0 saturated carbocycles. The molecular weight excluding hydrogens is 390 g/mol. The zero-order valence-corrected chi connectivity index (χ0v) is 15.7. The lowest BCUT2D eigenvalue weighted by atomic mass is 10.2. The van der Waals surface area contributed by atoms with Crippen LogP contribution in [0.4, 0.5) is 11.6 Å². The zero-order valence-electron chi connectivity index (χ0n) is 15.7. The molecule has 0 aliphatic rings. The number of fused-ring (bicyclic) bond motifs is 1. The SMILES string of the molecule is NCc1cccc(Nc2nc(=NCCO)n3ncc(=Cc4[nH]c(=O)[nH]c4O)c3n2)c1. The minimum atomic E-state index is -0.536. The van der Waals surface area contributed by atoms with Gasteiger partial charge >= 0.3 is 5.69 Å². The van der Waals surface area contributed by atoms with E-state index in [4.69, 9.17) is 10.8 Å². The van der Waals surface area contributed by atoms with E-state index in [9.17, 15) is 9.90 Å². The van der Waals surface area contributed by atoms with Crippen molar-refractivity contribution in [3.63, 3.8) is 0 Å². The summed E-state index contributed by atoms with van der Waals surface area (Å²) < 4.78 is 1.41. The van der Waals surface area contributed by atoms with Gasteiger partial charge in [-0.3, -0.25) is 4.98 Å². The summed E-state index contributed by atoms with van der Waals surface area (Å²) in [5.74, 6) is -0.0363. The van der Waals surface area contributed by atoms with Gasteiger partial charge in [-0.25, -0.2) is 9.79 Å². The molecule has 0 spiro atoms. The second-order valence-corrected chi connectivity index (χ2v) is 6.30. The number of rotatable bonds is 6. The molecule has 3 aromatic heterocycles. The van der Waals surface area contributed by atoms with Gasteiger partial charge in [0.15, 0.2) is 5.65 Å². The van der Waals surface area contributed by atoms with Crippen LogP contribution in [-0.2, 0) is 6.54 Å². The number of aromatic hydroxyl groups is 1. The third-order valence-corrected chi connectivity index (χ3v) is 4.19. The van der Waals surface area contributed by atoms with Crippen LogP contribution in [0.1, 0.15) is 11.3 Å². The van der Waals surface area contributed by atoms with Crippen molar-refractivity contribution in [2.24, 2.45) is 10.7 Å². The predicted octanol–water partition coefficient (Wildman–Crippen LogP) is -1.51. The molecule has 3 heterocycles. The van der Waals surface area contributed by atoms with Gasteiger partial charge in [-0.05, 0) is 23.8 Å². The average Bonchev–Trinajstić information content (AvgIpc) is 3.28. The number of imidazole rings is 1. The summed E-state index contributed by atoms with van der Waals surface area (Å²) >= 11 is 0. The highest BCUT2D eigenvalue weighted by atomic mass is 16.3. The Morgan fingerprint density at radius 2 is 2.17 bits per heavy atom. The Bertz CT molecular complexity index is 1370. The summed E-state index contributed by atoms with van der Waals surface area (Å²) in [4.78, 5) is 29.2. The molecule has 12 nitrogen and oxygen atoms in total. The number of aromatic amines is 2. The Labute approximate surface area is 168 Å². The maximum Gasteiger partial charge on any atom is 0.326 e. The average molecular weight is 409 g/mol. The van der Waals surface area contributed by atoms with E-state index >= 15 is 0 Å². The van der Waals surface area contributed by atoms with Crippen LogP contribution in [0.15, 0.2) is 40.2 Å². The quantitative estimate of drug-likeness (QED) is 0.222. The number of nitrogens with two attached hydrogens (primary N) is 1. The summed E-state index contributed by atoms with van der Waals surface area (Å²) in [7, 11) is 0. The minimum absolute atomic E-state index is 0.138. The zero-order chi connectivity index (χ0) is 21.1. The molecule has 154 valence electrons. The molecule has 0 fully saturated rings. The predicted molar refractivity (Wildman–Crippen MR) is 108 cm³/mol. The number of H-pyrrole nitrogens is 2. The lowest BCUT2D eigenvalue weighted by Gasteiger charge is -2.06. The highest BCUT2D eigenvalue weighted by Crippen LogP contribution is 2.14. The molecule has 0 amide bonds. The van der Waals surface area contributed by atoms with Crippen molar-refractivity contribution in [2.75, 3.05) is 18.5 Å². The Morgan fingerprint density at radius 1 is 1.30 bits per heavy atom. The summed E-state index contributed by atoms with van der Waals surface area (Å²) in [6.07, 6.45) is 3.03. The Balaban J connectivity index is 1.87. The van der Waals surface area contributed by atoms with Gasteiger partial charge in [-0.2, -0.15) is 19.6 Å². The fourth-order valence-corrected chi connectivity index (χ4v) is 2.84. The number of anilines is 2. The van der Waals surface area contributed by atoms with Crippen LogP contribution in [0.2, 0.25) is 0 Å². The Morgan fingerprint density at radius 3 is 2.90 bits per heavy atom. The van der Waals surface area contributed by atoms with Crippen LogP contribution in [0, 0.1) is 0 Å². The smallest absolute Gasteiger partial charge is 0.326 e. The standard InChI is InChI=1S/C18H19N9O3/c19-8-10-2-1-3-12(6-10)22-16-24-14-11(7-13-15(29)25-18(30)23-13)9-21-27(14)17(26-16)20-4-5-28/h1-3,6-7,9,28-29H,4-5,8,19H2,(H,20,22,26)(H2,23,25,30). The molecule has 4 aromatic rings. The molecule has 12 heteroatoms. The first-order valence-electron chi connectivity index (χ1n) is 9.03. The molecule has 0 bridgehead atoms. The van der Waals surface area contributed by atoms with Gasteiger partial charge in [0.05, 0.1) is 19.3 Å². The van der Waals surface area contributed by atoms with E-state index in [2.05, 4.69) is 35.3 Å². The van der Waals surface area contributed by atoms with Crippen LogP contribution < -0.4 is 27.6 Å². The number of nitrogens with zero attached hydrogens (tertiary/aromatic N) is 5. The largest absolute Gasteiger partial charge is 0.493 e. The minimum Gasteiger partial charge on any atom is -0.493 e. The van der Waals surface area contributed by atoms with Crippen LogP contribution in [-0.4, -0.2) is 52.9 Å². The molecule has 0 unspecified atom stereocenters. The van der Waals surface area contributed by atoms with Crippen LogP contribution >= 0.6 is 0 Å². The number of aromatic nitrogens is 6. The molecule has 0 saturated heterocycles.